The number of carboxylic acid groups (broad SMARTS) is 1. The van der Waals surface area contributed by atoms with E-state index in [0.29, 0.717) is 18.5 Å². The van der Waals surface area contributed by atoms with Crippen LogP contribution in [-0.4, -0.2) is 102 Å². The standard InChI is InChI=1S/C31H45N9O9/c1-31(2,48)24-15-34-38-40(24)20-13-23(28(44)36-21(25(41)26(32)42)10-6-7-11-33-30(46)47)39(16-20)29(45)22(12-18-8-4-3-5-9-18)37-27(43)19-14-35-49-17-19/h14-15,17-18,20-23,33,48H,3-13,16H2,1-2H3,(H2,32,42)(H,36,44)(H,37,43)(H,46,47)/t20-,21?,22+,23-/m0/s1. The van der Waals surface area contributed by atoms with Gasteiger partial charge < -0.3 is 41.3 Å². The number of rotatable bonds is 16. The number of nitrogens with zero attached hydrogens (tertiary/aromatic N) is 5. The van der Waals surface area contributed by atoms with Gasteiger partial charge in [-0.2, -0.15) is 0 Å². The number of aliphatic hydroxyl groups is 1. The number of likely N-dealkylation sites (tertiary alicyclic amines) is 1. The van der Waals surface area contributed by atoms with E-state index in [-0.39, 0.29) is 43.8 Å². The molecule has 49 heavy (non-hydrogen) atoms. The summed E-state index contributed by atoms with van der Waals surface area (Å²) in [6.07, 6.45) is 8.34. The predicted octanol–water partition coefficient (Wildman–Crippen LogP) is 0.382. The summed E-state index contributed by atoms with van der Waals surface area (Å²) in [4.78, 5) is 78.3. The van der Waals surface area contributed by atoms with Crippen molar-refractivity contribution in [1.29, 1.82) is 0 Å². The molecule has 0 bridgehead atoms. The van der Waals surface area contributed by atoms with Crippen molar-refractivity contribution in [3.63, 3.8) is 0 Å². The van der Waals surface area contributed by atoms with Crippen LogP contribution in [0.2, 0.25) is 0 Å². The molecular weight excluding hydrogens is 642 g/mol. The van der Waals surface area contributed by atoms with Crippen molar-refractivity contribution in [2.75, 3.05) is 13.1 Å². The lowest BCUT2D eigenvalue weighted by molar-refractivity contribution is -0.142. The zero-order valence-corrected chi connectivity index (χ0v) is 27.7. The number of Topliss-reactive ketones (excluding diaryl/α,β-unsaturated/α-hetero) is 1. The smallest absolute Gasteiger partial charge is 0.404 e. The molecule has 4 rings (SSSR count). The summed E-state index contributed by atoms with van der Waals surface area (Å²) < 4.78 is 6.27. The minimum Gasteiger partial charge on any atom is -0.465 e. The van der Waals surface area contributed by atoms with Crippen molar-refractivity contribution in [3.8, 4) is 0 Å². The normalized spacial score (nSPS) is 19.5. The number of amides is 5. The topological polar surface area (TPSA) is 265 Å². The molecule has 18 nitrogen and oxygen atoms in total. The summed E-state index contributed by atoms with van der Waals surface area (Å²) in [6, 6.07) is -4.14. The Morgan fingerprint density at radius 3 is 2.43 bits per heavy atom. The van der Waals surface area contributed by atoms with E-state index in [0.717, 1.165) is 38.4 Å². The molecule has 2 aliphatic rings. The van der Waals surface area contributed by atoms with Crippen molar-refractivity contribution in [2.24, 2.45) is 11.7 Å². The first-order valence-electron chi connectivity index (χ1n) is 16.5. The highest BCUT2D eigenvalue weighted by Gasteiger charge is 2.45. The SMILES string of the molecule is CC(C)(O)c1cnnn1[C@H]1C[C@@H](C(=O)NC(CCCCNC(=O)O)C(=O)C(N)=O)N(C(=O)[C@@H](CC2CCCCC2)NC(=O)c2cnoc2)C1. The quantitative estimate of drug-likeness (QED) is 0.103. The van der Waals surface area contributed by atoms with E-state index in [1.54, 1.807) is 13.8 Å². The van der Waals surface area contributed by atoms with Crippen molar-refractivity contribution in [1.82, 2.24) is 41.0 Å². The van der Waals surface area contributed by atoms with Gasteiger partial charge in [-0.3, -0.25) is 24.0 Å². The first-order valence-corrected chi connectivity index (χ1v) is 16.5. The number of primary amides is 1. The minimum absolute atomic E-state index is 0.00999. The molecule has 0 radical (unpaired) electrons. The number of hydrogen-bond acceptors (Lipinski definition) is 11. The lowest BCUT2D eigenvalue weighted by Gasteiger charge is -2.32. The number of nitrogens with two attached hydrogens (primary N) is 1. The van der Waals surface area contributed by atoms with Crippen LogP contribution in [0.25, 0.3) is 0 Å². The first-order chi connectivity index (χ1) is 23.3. The Balaban J connectivity index is 1.62. The molecule has 3 heterocycles. The second-order valence-corrected chi connectivity index (χ2v) is 13.2. The van der Waals surface area contributed by atoms with Gasteiger partial charge >= 0.3 is 6.09 Å². The van der Waals surface area contributed by atoms with E-state index in [1.165, 1.54) is 22.0 Å². The zero-order valence-electron chi connectivity index (χ0n) is 27.7. The third kappa shape index (κ3) is 9.84. The van der Waals surface area contributed by atoms with Gasteiger partial charge in [0.05, 0.1) is 35.7 Å². The second-order valence-electron chi connectivity index (χ2n) is 13.2. The van der Waals surface area contributed by atoms with Gasteiger partial charge in [-0.25, -0.2) is 9.48 Å². The van der Waals surface area contributed by atoms with Crippen LogP contribution in [0.5, 0.6) is 0 Å². The third-order valence-corrected chi connectivity index (χ3v) is 9.08. The largest absolute Gasteiger partial charge is 0.465 e. The van der Waals surface area contributed by atoms with Crippen molar-refractivity contribution < 1.29 is 43.5 Å². The van der Waals surface area contributed by atoms with Gasteiger partial charge in [0.2, 0.25) is 17.6 Å². The lowest BCUT2D eigenvalue weighted by Crippen LogP contribution is -2.56. The Labute approximate surface area is 282 Å². The highest BCUT2D eigenvalue weighted by Crippen LogP contribution is 2.33. The molecule has 2 fully saturated rings. The summed E-state index contributed by atoms with van der Waals surface area (Å²) in [5, 5.41) is 38.8. The van der Waals surface area contributed by atoms with Gasteiger partial charge in [0.1, 0.15) is 23.9 Å². The van der Waals surface area contributed by atoms with E-state index in [1.807, 2.05) is 0 Å². The molecule has 7 N–H and O–H groups in total. The number of nitrogens with one attached hydrogen (secondary N) is 3. The monoisotopic (exact) mass is 687 g/mol. The highest BCUT2D eigenvalue weighted by molar-refractivity contribution is 6.37. The van der Waals surface area contributed by atoms with Gasteiger partial charge in [0, 0.05) is 19.5 Å². The number of carbonyl (C=O) groups excluding carboxylic acids is 5. The van der Waals surface area contributed by atoms with Crippen molar-refractivity contribution in [2.45, 2.75) is 108 Å². The van der Waals surface area contributed by atoms with Crippen LogP contribution < -0.4 is 21.7 Å². The summed E-state index contributed by atoms with van der Waals surface area (Å²) in [5.74, 6) is -3.97. The molecule has 2 aromatic heterocycles. The molecule has 5 amide bonds. The third-order valence-electron chi connectivity index (χ3n) is 9.08. The highest BCUT2D eigenvalue weighted by atomic mass is 16.5. The number of hydrogen-bond donors (Lipinski definition) is 6. The molecule has 268 valence electrons. The van der Waals surface area contributed by atoms with Gasteiger partial charge in [0.15, 0.2) is 0 Å². The van der Waals surface area contributed by atoms with Crippen LogP contribution in [0.4, 0.5) is 4.79 Å². The molecule has 1 saturated carbocycles. The van der Waals surface area contributed by atoms with Gasteiger partial charge in [-0.15, -0.1) is 5.10 Å². The van der Waals surface area contributed by atoms with Crippen LogP contribution in [0, 0.1) is 5.92 Å². The number of unbranched alkanes of at least 4 members (excludes halogenated alkanes) is 1. The second kappa shape index (κ2) is 16.5. The fourth-order valence-electron chi connectivity index (χ4n) is 6.55. The van der Waals surface area contributed by atoms with E-state index in [9.17, 15) is 33.9 Å². The van der Waals surface area contributed by atoms with Gasteiger partial charge in [-0.1, -0.05) is 42.5 Å². The Bertz CT molecular complexity index is 1480. The Morgan fingerprint density at radius 2 is 1.80 bits per heavy atom. The number of ketones is 1. The maximum atomic E-state index is 14.5. The number of aromatic nitrogens is 4. The van der Waals surface area contributed by atoms with E-state index < -0.39 is 65.3 Å². The average molecular weight is 688 g/mol. The zero-order chi connectivity index (χ0) is 35.7. The summed E-state index contributed by atoms with van der Waals surface area (Å²) in [6.45, 7) is 3.16. The molecule has 18 heteroatoms. The lowest BCUT2D eigenvalue weighted by atomic mass is 9.84. The van der Waals surface area contributed by atoms with Crippen molar-refractivity contribution >= 4 is 35.5 Å². The molecule has 2 aromatic rings. The minimum atomic E-state index is -1.36. The summed E-state index contributed by atoms with van der Waals surface area (Å²) in [7, 11) is 0. The average Bonchev–Trinajstić information content (AvgIpc) is 3.84. The van der Waals surface area contributed by atoms with E-state index in [4.69, 9.17) is 15.4 Å². The molecule has 1 aliphatic heterocycles. The van der Waals surface area contributed by atoms with Crippen LogP contribution in [0.15, 0.2) is 23.2 Å². The molecule has 4 atom stereocenters. The van der Waals surface area contributed by atoms with Crippen LogP contribution in [0.3, 0.4) is 0 Å². The van der Waals surface area contributed by atoms with Crippen LogP contribution in [-0.2, 0) is 24.8 Å². The molecule has 1 saturated heterocycles. The predicted molar refractivity (Wildman–Crippen MR) is 169 cm³/mol. The summed E-state index contributed by atoms with van der Waals surface area (Å²) >= 11 is 0. The maximum Gasteiger partial charge on any atom is 0.404 e. The molecular formula is C31H45N9O9. The maximum absolute atomic E-state index is 14.5. The van der Waals surface area contributed by atoms with E-state index in [2.05, 4.69) is 31.4 Å². The van der Waals surface area contributed by atoms with Crippen molar-refractivity contribution in [3.05, 3.63) is 29.9 Å². The molecule has 0 spiro atoms. The fraction of sp³-hybridized carbons (Fsp3) is 0.645. The number of carbonyl (C=O) groups is 6. The van der Waals surface area contributed by atoms with Crippen LogP contribution >= 0.6 is 0 Å². The Kier molecular flexibility index (Phi) is 12.4. The first kappa shape index (κ1) is 37.0. The van der Waals surface area contributed by atoms with E-state index >= 15 is 0 Å². The Hall–Kier alpha value is -4.87. The molecule has 0 aromatic carbocycles. The molecule has 1 aliphatic carbocycles. The fourth-order valence-corrected chi connectivity index (χ4v) is 6.55. The van der Waals surface area contributed by atoms with Gasteiger partial charge in [0.25, 0.3) is 11.8 Å². The summed E-state index contributed by atoms with van der Waals surface area (Å²) in [5.41, 5.74) is 4.40. The van der Waals surface area contributed by atoms with Gasteiger partial charge in [-0.05, 0) is 45.4 Å². The molecule has 1 unspecified atom stereocenters. The van der Waals surface area contributed by atoms with Crippen LogP contribution in [0.1, 0.15) is 100 Å². The Morgan fingerprint density at radius 1 is 1.06 bits per heavy atom.